The smallest absolute Gasteiger partial charge is 0.251 e. The van der Waals surface area contributed by atoms with Crippen molar-refractivity contribution in [2.75, 3.05) is 41.5 Å². The van der Waals surface area contributed by atoms with Crippen molar-refractivity contribution < 1.29 is 19.0 Å². The van der Waals surface area contributed by atoms with Gasteiger partial charge in [0.25, 0.3) is 5.91 Å². The van der Waals surface area contributed by atoms with Gasteiger partial charge in [0, 0.05) is 12.1 Å². The van der Waals surface area contributed by atoms with E-state index >= 15 is 0 Å². The third kappa shape index (κ3) is 5.39. The van der Waals surface area contributed by atoms with E-state index < -0.39 is 0 Å². The van der Waals surface area contributed by atoms with Gasteiger partial charge in [0.05, 0.1) is 31.3 Å². The van der Waals surface area contributed by atoms with Crippen LogP contribution >= 0.6 is 15.9 Å². The normalized spacial score (nSPS) is 11.8. The molecule has 0 aliphatic heterocycles. The highest BCUT2D eigenvalue weighted by molar-refractivity contribution is 9.10. The summed E-state index contributed by atoms with van der Waals surface area (Å²) in [5.41, 5.74) is 1.60. The number of nitrogens with zero attached hydrogens (tertiary/aromatic N) is 1. The predicted octanol–water partition coefficient (Wildman–Crippen LogP) is 3.90. The van der Waals surface area contributed by atoms with Crippen LogP contribution in [-0.4, -0.2) is 52.3 Å². The van der Waals surface area contributed by atoms with Crippen molar-refractivity contribution in [3.05, 3.63) is 52.0 Å². The number of likely N-dealkylation sites (N-methyl/N-ethyl adjacent to an activating group) is 1. The minimum Gasteiger partial charge on any atom is -0.497 e. The van der Waals surface area contributed by atoms with Gasteiger partial charge in [0.15, 0.2) is 11.5 Å². The second-order valence-corrected chi connectivity index (χ2v) is 7.24. The Kier molecular flexibility index (Phi) is 8.14. The molecule has 28 heavy (non-hydrogen) atoms. The summed E-state index contributed by atoms with van der Waals surface area (Å²) in [6.45, 7) is 2.83. The highest BCUT2D eigenvalue weighted by atomic mass is 79.9. The molecule has 0 saturated carbocycles. The fourth-order valence-corrected chi connectivity index (χ4v) is 3.48. The van der Waals surface area contributed by atoms with E-state index in [4.69, 9.17) is 14.2 Å². The number of amides is 1. The monoisotopic (exact) mass is 450 g/mol. The summed E-state index contributed by atoms with van der Waals surface area (Å²) in [6, 6.07) is 11.3. The molecular formula is C21H27BrN2O4. The molecule has 6 nitrogen and oxygen atoms in total. The molecule has 1 N–H and O–H groups in total. The van der Waals surface area contributed by atoms with Gasteiger partial charge in [-0.25, -0.2) is 0 Å². The minimum atomic E-state index is -0.176. The molecule has 0 heterocycles. The molecule has 1 amide bonds. The van der Waals surface area contributed by atoms with Crippen LogP contribution in [0.15, 0.2) is 40.9 Å². The lowest BCUT2D eigenvalue weighted by Crippen LogP contribution is -2.34. The van der Waals surface area contributed by atoms with Gasteiger partial charge in [-0.1, -0.05) is 12.1 Å². The molecule has 0 aliphatic carbocycles. The Labute approximate surface area is 174 Å². The molecular weight excluding hydrogens is 424 g/mol. The number of nitrogens with one attached hydrogen (secondary N) is 1. The molecule has 1 atom stereocenters. The van der Waals surface area contributed by atoms with Crippen molar-refractivity contribution in [1.29, 1.82) is 0 Å². The number of rotatable bonds is 9. The van der Waals surface area contributed by atoms with Gasteiger partial charge in [-0.2, -0.15) is 0 Å². The van der Waals surface area contributed by atoms with Crippen molar-refractivity contribution in [3.8, 4) is 17.2 Å². The van der Waals surface area contributed by atoms with Crippen molar-refractivity contribution >= 4 is 21.8 Å². The standard InChI is InChI=1S/C21H27BrN2O4/c1-6-28-19-12-15(11-17(22)20(19)27-5)21(25)23-13-18(24(2)3)14-7-9-16(26-4)10-8-14/h7-12,18H,6,13H2,1-5H3,(H,23,25)/t18-/m1/s1. The first kappa shape index (κ1) is 22.0. The Morgan fingerprint density at radius 3 is 2.36 bits per heavy atom. The number of ether oxygens (including phenoxy) is 3. The lowest BCUT2D eigenvalue weighted by molar-refractivity contribution is 0.0941. The van der Waals surface area contributed by atoms with E-state index in [2.05, 4.69) is 26.1 Å². The molecule has 0 bridgehead atoms. The van der Waals surface area contributed by atoms with Crippen molar-refractivity contribution in [1.82, 2.24) is 10.2 Å². The van der Waals surface area contributed by atoms with Gasteiger partial charge in [0.1, 0.15) is 5.75 Å². The van der Waals surface area contributed by atoms with Gasteiger partial charge in [-0.3, -0.25) is 4.79 Å². The Morgan fingerprint density at radius 1 is 1.14 bits per heavy atom. The van der Waals surface area contributed by atoms with Crippen molar-refractivity contribution in [3.63, 3.8) is 0 Å². The highest BCUT2D eigenvalue weighted by Crippen LogP contribution is 2.36. The SMILES string of the molecule is CCOc1cc(C(=O)NC[C@H](c2ccc(OC)cc2)N(C)C)cc(Br)c1OC. The summed E-state index contributed by atoms with van der Waals surface area (Å²) in [4.78, 5) is 14.8. The highest BCUT2D eigenvalue weighted by Gasteiger charge is 2.18. The maximum atomic E-state index is 12.7. The van der Waals surface area contributed by atoms with Crippen LogP contribution in [0.5, 0.6) is 17.2 Å². The second-order valence-electron chi connectivity index (χ2n) is 6.39. The van der Waals surface area contributed by atoms with Crippen LogP contribution < -0.4 is 19.5 Å². The van der Waals surface area contributed by atoms with Crippen LogP contribution in [0.1, 0.15) is 28.9 Å². The van der Waals surface area contributed by atoms with E-state index in [0.29, 0.717) is 34.7 Å². The summed E-state index contributed by atoms with van der Waals surface area (Å²) in [5, 5.41) is 3.01. The van der Waals surface area contributed by atoms with Crippen LogP contribution in [0.3, 0.4) is 0 Å². The van der Waals surface area contributed by atoms with Gasteiger partial charge in [0.2, 0.25) is 0 Å². The number of methoxy groups -OCH3 is 2. The molecule has 2 aromatic rings. The average Bonchev–Trinajstić information content (AvgIpc) is 2.68. The van der Waals surface area contributed by atoms with Crippen LogP contribution in [-0.2, 0) is 0 Å². The topological polar surface area (TPSA) is 60.0 Å². The Balaban J connectivity index is 2.16. The first-order chi connectivity index (χ1) is 13.4. The zero-order valence-electron chi connectivity index (χ0n) is 16.9. The first-order valence-corrected chi connectivity index (χ1v) is 9.79. The summed E-state index contributed by atoms with van der Waals surface area (Å²) >= 11 is 3.44. The van der Waals surface area contributed by atoms with Crippen LogP contribution in [0.2, 0.25) is 0 Å². The van der Waals surface area contributed by atoms with Gasteiger partial charge >= 0.3 is 0 Å². The maximum absolute atomic E-state index is 12.7. The molecule has 0 spiro atoms. The summed E-state index contributed by atoms with van der Waals surface area (Å²) < 4.78 is 16.8. The molecule has 7 heteroatoms. The van der Waals surface area contributed by atoms with Gasteiger partial charge in [-0.15, -0.1) is 0 Å². The van der Waals surface area contributed by atoms with Crippen molar-refractivity contribution in [2.24, 2.45) is 0 Å². The molecule has 0 aromatic heterocycles. The quantitative estimate of drug-likeness (QED) is 0.627. The zero-order chi connectivity index (χ0) is 20.7. The molecule has 0 saturated heterocycles. The predicted molar refractivity (Wildman–Crippen MR) is 114 cm³/mol. The van der Waals surface area contributed by atoms with Crippen LogP contribution in [0.25, 0.3) is 0 Å². The molecule has 152 valence electrons. The lowest BCUT2D eigenvalue weighted by atomic mass is 10.1. The van der Waals surface area contributed by atoms with E-state index in [1.807, 2.05) is 45.3 Å². The first-order valence-electron chi connectivity index (χ1n) is 9.00. The number of carbonyl (C=O) groups excluding carboxylic acids is 1. The molecule has 0 unspecified atom stereocenters. The summed E-state index contributed by atoms with van der Waals surface area (Å²) in [7, 11) is 7.18. The van der Waals surface area contributed by atoms with E-state index in [-0.39, 0.29) is 11.9 Å². The lowest BCUT2D eigenvalue weighted by Gasteiger charge is -2.25. The molecule has 0 radical (unpaired) electrons. The fraction of sp³-hybridized carbons (Fsp3) is 0.381. The third-order valence-electron chi connectivity index (χ3n) is 4.36. The Morgan fingerprint density at radius 2 is 1.82 bits per heavy atom. The molecule has 2 rings (SSSR count). The zero-order valence-corrected chi connectivity index (χ0v) is 18.5. The fourth-order valence-electron chi connectivity index (χ4n) is 2.88. The summed E-state index contributed by atoms with van der Waals surface area (Å²) in [6.07, 6.45) is 0. The van der Waals surface area contributed by atoms with E-state index in [9.17, 15) is 4.79 Å². The number of benzene rings is 2. The maximum Gasteiger partial charge on any atom is 0.251 e. The number of halogens is 1. The van der Waals surface area contributed by atoms with Crippen LogP contribution in [0, 0.1) is 0 Å². The Hall–Kier alpha value is -2.25. The van der Waals surface area contributed by atoms with E-state index in [1.165, 1.54) is 0 Å². The third-order valence-corrected chi connectivity index (χ3v) is 4.94. The Bertz CT molecular complexity index is 794. The molecule has 2 aromatic carbocycles. The molecule has 0 fully saturated rings. The summed E-state index contributed by atoms with van der Waals surface area (Å²) in [5.74, 6) is 1.73. The average molecular weight is 451 g/mol. The van der Waals surface area contributed by atoms with Gasteiger partial charge in [-0.05, 0) is 66.8 Å². The van der Waals surface area contributed by atoms with Crippen LogP contribution in [0.4, 0.5) is 0 Å². The second kappa shape index (κ2) is 10.3. The largest absolute Gasteiger partial charge is 0.497 e. The number of hydrogen-bond donors (Lipinski definition) is 1. The molecule has 0 aliphatic rings. The minimum absolute atomic E-state index is 0.0305. The van der Waals surface area contributed by atoms with Gasteiger partial charge < -0.3 is 24.4 Å². The van der Waals surface area contributed by atoms with Crippen molar-refractivity contribution in [2.45, 2.75) is 13.0 Å². The number of carbonyl (C=O) groups is 1. The van der Waals surface area contributed by atoms with E-state index in [0.717, 1.165) is 11.3 Å². The number of hydrogen-bond acceptors (Lipinski definition) is 5. The van der Waals surface area contributed by atoms with E-state index in [1.54, 1.807) is 26.4 Å².